The van der Waals surface area contributed by atoms with E-state index < -0.39 is 0 Å². The monoisotopic (exact) mass is 255 g/mol. The van der Waals surface area contributed by atoms with Crippen LogP contribution in [0.5, 0.6) is 11.5 Å². The molecule has 2 aromatic rings. The highest BCUT2D eigenvalue weighted by molar-refractivity contribution is 5.40. The first-order chi connectivity index (χ1) is 9.24. The van der Waals surface area contributed by atoms with Crippen molar-refractivity contribution in [2.45, 2.75) is 25.4 Å². The molecule has 0 aromatic heterocycles. The number of benzene rings is 2. The maximum atomic E-state index is 9.47. The van der Waals surface area contributed by atoms with Gasteiger partial charge in [-0.05, 0) is 41.7 Å². The van der Waals surface area contributed by atoms with Gasteiger partial charge in [0.25, 0.3) is 0 Å². The minimum Gasteiger partial charge on any atom is -0.504 e. The molecule has 3 nitrogen and oxygen atoms in total. The first-order valence-corrected chi connectivity index (χ1v) is 6.56. The van der Waals surface area contributed by atoms with Crippen LogP contribution in [0.25, 0.3) is 0 Å². The van der Waals surface area contributed by atoms with Crippen LogP contribution in [0.2, 0.25) is 0 Å². The Morgan fingerprint density at radius 3 is 2.74 bits per heavy atom. The number of phenols is 2. The van der Waals surface area contributed by atoms with Crippen molar-refractivity contribution in [1.82, 2.24) is 5.32 Å². The molecule has 0 spiro atoms. The third-order valence-corrected chi connectivity index (χ3v) is 3.73. The number of aromatic hydroxyl groups is 2. The van der Waals surface area contributed by atoms with Gasteiger partial charge in [-0.15, -0.1) is 0 Å². The summed E-state index contributed by atoms with van der Waals surface area (Å²) in [6.45, 7) is 0.687. The lowest BCUT2D eigenvalue weighted by molar-refractivity contribution is 0.402. The van der Waals surface area contributed by atoms with Gasteiger partial charge in [0.05, 0.1) is 0 Å². The highest BCUT2D eigenvalue weighted by Crippen LogP contribution is 2.31. The van der Waals surface area contributed by atoms with Gasteiger partial charge in [0.2, 0.25) is 0 Å². The Labute approximate surface area is 112 Å². The highest BCUT2D eigenvalue weighted by atomic mass is 16.3. The number of rotatable bonds is 3. The van der Waals surface area contributed by atoms with Crippen molar-refractivity contribution in [3.05, 3.63) is 59.2 Å². The summed E-state index contributed by atoms with van der Waals surface area (Å²) >= 11 is 0. The molecule has 1 atom stereocenters. The van der Waals surface area contributed by atoms with Crippen LogP contribution in [-0.2, 0) is 13.0 Å². The molecule has 98 valence electrons. The second-order valence-electron chi connectivity index (χ2n) is 4.99. The molecule has 0 amide bonds. The van der Waals surface area contributed by atoms with Gasteiger partial charge in [0, 0.05) is 12.6 Å². The maximum absolute atomic E-state index is 9.47. The van der Waals surface area contributed by atoms with Gasteiger partial charge in [-0.3, -0.25) is 0 Å². The SMILES string of the molecule is Oc1ccc(CNC2CCc3ccccc32)cc1O. The quantitative estimate of drug-likeness (QED) is 0.739. The van der Waals surface area contributed by atoms with E-state index in [2.05, 4.69) is 29.6 Å². The zero-order valence-electron chi connectivity index (χ0n) is 10.6. The Kier molecular flexibility index (Phi) is 3.13. The molecule has 0 saturated carbocycles. The second-order valence-corrected chi connectivity index (χ2v) is 4.99. The van der Waals surface area contributed by atoms with Crippen LogP contribution in [0.3, 0.4) is 0 Å². The van der Waals surface area contributed by atoms with Gasteiger partial charge in [0.1, 0.15) is 0 Å². The molecule has 3 heteroatoms. The van der Waals surface area contributed by atoms with E-state index in [-0.39, 0.29) is 11.5 Å². The van der Waals surface area contributed by atoms with E-state index in [0.717, 1.165) is 18.4 Å². The van der Waals surface area contributed by atoms with Crippen molar-refractivity contribution in [3.63, 3.8) is 0 Å². The number of hydrogen-bond acceptors (Lipinski definition) is 3. The van der Waals surface area contributed by atoms with Crippen molar-refractivity contribution in [1.29, 1.82) is 0 Å². The third-order valence-electron chi connectivity index (χ3n) is 3.73. The van der Waals surface area contributed by atoms with Crippen LogP contribution in [0, 0.1) is 0 Å². The predicted octanol–water partition coefficient (Wildman–Crippen LogP) is 2.87. The van der Waals surface area contributed by atoms with Crippen LogP contribution in [-0.4, -0.2) is 10.2 Å². The molecule has 19 heavy (non-hydrogen) atoms. The van der Waals surface area contributed by atoms with Crippen molar-refractivity contribution in [2.75, 3.05) is 0 Å². The van der Waals surface area contributed by atoms with E-state index in [1.54, 1.807) is 6.07 Å². The summed E-state index contributed by atoms with van der Waals surface area (Å²) in [6.07, 6.45) is 2.23. The number of phenolic OH excluding ortho intramolecular Hbond substituents is 2. The fourth-order valence-electron chi connectivity index (χ4n) is 2.69. The average Bonchev–Trinajstić information content (AvgIpc) is 2.83. The van der Waals surface area contributed by atoms with Crippen LogP contribution in [0.1, 0.15) is 29.2 Å². The summed E-state index contributed by atoms with van der Waals surface area (Å²) in [6, 6.07) is 13.8. The first-order valence-electron chi connectivity index (χ1n) is 6.56. The predicted molar refractivity (Wildman–Crippen MR) is 74.1 cm³/mol. The number of aryl methyl sites for hydroxylation is 1. The minimum absolute atomic E-state index is 0.0638. The zero-order valence-corrected chi connectivity index (χ0v) is 10.6. The third kappa shape index (κ3) is 2.42. The normalized spacial score (nSPS) is 17.4. The van der Waals surface area contributed by atoms with E-state index in [4.69, 9.17) is 0 Å². The molecule has 0 heterocycles. The molecule has 1 aliphatic carbocycles. The summed E-state index contributed by atoms with van der Waals surface area (Å²) in [5.74, 6) is -0.138. The Bertz CT molecular complexity index is 595. The van der Waals surface area contributed by atoms with Crippen LogP contribution >= 0.6 is 0 Å². The highest BCUT2D eigenvalue weighted by Gasteiger charge is 2.20. The van der Waals surface area contributed by atoms with E-state index in [1.807, 2.05) is 6.07 Å². The van der Waals surface area contributed by atoms with Gasteiger partial charge in [-0.25, -0.2) is 0 Å². The van der Waals surface area contributed by atoms with Crippen LogP contribution in [0.15, 0.2) is 42.5 Å². The Morgan fingerprint density at radius 2 is 1.89 bits per heavy atom. The van der Waals surface area contributed by atoms with Crippen molar-refractivity contribution in [3.8, 4) is 11.5 Å². The number of fused-ring (bicyclic) bond motifs is 1. The molecule has 0 radical (unpaired) electrons. The lowest BCUT2D eigenvalue weighted by atomic mass is 10.1. The smallest absolute Gasteiger partial charge is 0.157 e. The number of hydrogen-bond donors (Lipinski definition) is 3. The Hall–Kier alpha value is -2.00. The summed E-state index contributed by atoms with van der Waals surface area (Å²) in [5, 5.41) is 22.3. The number of nitrogens with one attached hydrogen (secondary N) is 1. The molecule has 1 unspecified atom stereocenters. The Morgan fingerprint density at radius 1 is 1.05 bits per heavy atom. The summed E-state index contributed by atoms with van der Waals surface area (Å²) < 4.78 is 0. The van der Waals surface area contributed by atoms with Gasteiger partial charge < -0.3 is 15.5 Å². The molecule has 0 saturated heterocycles. The zero-order chi connectivity index (χ0) is 13.2. The van der Waals surface area contributed by atoms with Crippen LogP contribution < -0.4 is 5.32 Å². The topological polar surface area (TPSA) is 52.5 Å². The molecule has 0 aliphatic heterocycles. The van der Waals surface area contributed by atoms with Gasteiger partial charge in [0.15, 0.2) is 11.5 Å². The molecule has 2 aromatic carbocycles. The van der Waals surface area contributed by atoms with Crippen molar-refractivity contribution in [2.24, 2.45) is 0 Å². The molecule has 3 rings (SSSR count). The van der Waals surface area contributed by atoms with Gasteiger partial charge >= 0.3 is 0 Å². The van der Waals surface area contributed by atoms with Gasteiger partial charge in [-0.1, -0.05) is 30.3 Å². The molecule has 0 fully saturated rings. The summed E-state index contributed by atoms with van der Waals surface area (Å²) in [5.41, 5.74) is 3.78. The average molecular weight is 255 g/mol. The molecule has 1 aliphatic rings. The first kappa shape index (κ1) is 12.1. The maximum Gasteiger partial charge on any atom is 0.157 e. The summed E-state index contributed by atoms with van der Waals surface area (Å²) in [7, 11) is 0. The van der Waals surface area contributed by atoms with E-state index in [9.17, 15) is 10.2 Å². The van der Waals surface area contributed by atoms with E-state index in [1.165, 1.54) is 17.2 Å². The molecule has 0 bridgehead atoms. The van der Waals surface area contributed by atoms with Gasteiger partial charge in [-0.2, -0.15) is 0 Å². The molecular formula is C16H17NO2. The minimum atomic E-state index is -0.0741. The van der Waals surface area contributed by atoms with Crippen LogP contribution in [0.4, 0.5) is 0 Å². The fourth-order valence-corrected chi connectivity index (χ4v) is 2.69. The standard InChI is InChI=1S/C16H17NO2/c18-15-8-5-11(9-16(15)19)10-17-14-7-6-12-3-1-2-4-13(12)14/h1-5,8-9,14,17-19H,6-7,10H2. The summed E-state index contributed by atoms with van der Waals surface area (Å²) in [4.78, 5) is 0. The lowest BCUT2D eigenvalue weighted by Gasteiger charge is -2.14. The fraction of sp³-hybridized carbons (Fsp3) is 0.250. The largest absolute Gasteiger partial charge is 0.504 e. The second kappa shape index (κ2) is 4.94. The van der Waals surface area contributed by atoms with E-state index in [0.29, 0.717) is 12.6 Å². The van der Waals surface area contributed by atoms with Crippen molar-refractivity contribution < 1.29 is 10.2 Å². The molecule has 3 N–H and O–H groups in total. The van der Waals surface area contributed by atoms with Crippen molar-refractivity contribution >= 4 is 0 Å². The molecular weight excluding hydrogens is 238 g/mol. The van der Waals surface area contributed by atoms with E-state index >= 15 is 0 Å². The Balaban J connectivity index is 1.69. The lowest BCUT2D eigenvalue weighted by Crippen LogP contribution is -2.18.